The number of hydrogen-bond acceptors (Lipinski definition) is 4. The predicted octanol–water partition coefficient (Wildman–Crippen LogP) is 4.49. The normalized spacial score (nSPS) is 14.4. The quantitative estimate of drug-likeness (QED) is 0.754. The van der Waals surface area contributed by atoms with Gasteiger partial charge < -0.3 is 9.84 Å². The van der Waals surface area contributed by atoms with Crippen LogP contribution < -0.4 is 5.32 Å². The molecule has 0 aliphatic heterocycles. The Labute approximate surface area is 147 Å². The molecule has 1 aromatic heterocycles. The first kappa shape index (κ1) is 17.4. The zero-order valence-corrected chi connectivity index (χ0v) is 15.0. The molecule has 3 rings (SSSR count). The lowest BCUT2D eigenvalue weighted by Gasteiger charge is -2.23. The highest BCUT2D eigenvalue weighted by atomic mass is 16.5. The molecule has 0 spiro atoms. The third-order valence-electron chi connectivity index (χ3n) is 4.48. The summed E-state index contributed by atoms with van der Waals surface area (Å²) in [6.45, 7) is 5.71. The highest BCUT2D eigenvalue weighted by Crippen LogP contribution is 2.44. The molecule has 0 radical (unpaired) electrons. The summed E-state index contributed by atoms with van der Waals surface area (Å²) in [7, 11) is 0. The van der Waals surface area contributed by atoms with E-state index in [1.165, 1.54) is 0 Å². The molecule has 5 nitrogen and oxygen atoms in total. The van der Waals surface area contributed by atoms with Crippen LogP contribution in [0.5, 0.6) is 0 Å². The predicted molar refractivity (Wildman–Crippen MR) is 95.6 cm³/mol. The fourth-order valence-corrected chi connectivity index (χ4v) is 3.00. The molecular formula is C20H24N2O3. The monoisotopic (exact) mass is 340 g/mol. The topological polar surface area (TPSA) is 72.2 Å². The standard InChI is InChI=1S/C20H24N2O3/c1-13-18(19(25-22-13)15-9-10-15)21-17(24)12-20(2,3)11-16(23)14-7-5-4-6-8-14/h4-8,15H,9-12H2,1-3H3,(H,21,24). The first-order chi connectivity index (χ1) is 11.9. The SMILES string of the molecule is Cc1noc(C2CC2)c1NC(=O)CC(C)(C)CC(=O)c1ccccc1. The fraction of sp³-hybridized carbons (Fsp3) is 0.450. The number of nitrogens with zero attached hydrogens (tertiary/aromatic N) is 1. The summed E-state index contributed by atoms with van der Waals surface area (Å²) in [4.78, 5) is 24.9. The van der Waals surface area contributed by atoms with Crippen LogP contribution in [0.3, 0.4) is 0 Å². The van der Waals surface area contributed by atoms with Crippen LogP contribution in [-0.2, 0) is 4.79 Å². The molecule has 1 N–H and O–H groups in total. The van der Waals surface area contributed by atoms with E-state index in [9.17, 15) is 9.59 Å². The third kappa shape index (κ3) is 4.35. The number of hydrogen-bond donors (Lipinski definition) is 1. The van der Waals surface area contributed by atoms with Gasteiger partial charge in [0.25, 0.3) is 0 Å². The smallest absolute Gasteiger partial charge is 0.225 e. The molecule has 25 heavy (non-hydrogen) atoms. The summed E-state index contributed by atoms with van der Waals surface area (Å²) in [6, 6.07) is 9.19. The number of rotatable bonds is 7. The highest BCUT2D eigenvalue weighted by molar-refractivity contribution is 5.97. The summed E-state index contributed by atoms with van der Waals surface area (Å²) in [5.74, 6) is 1.10. The molecule has 5 heteroatoms. The second-order valence-corrected chi connectivity index (χ2v) is 7.64. The average molecular weight is 340 g/mol. The van der Waals surface area contributed by atoms with Crippen molar-refractivity contribution in [3.8, 4) is 0 Å². The van der Waals surface area contributed by atoms with Crippen molar-refractivity contribution in [1.82, 2.24) is 5.16 Å². The summed E-state index contributed by atoms with van der Waals surface area (Å²) in [5, 5.41) is 6.91. The molecule has 0 unspecified atom stereocenters. The van der Waals surface area contributed by atoms with Crippen LogP contribution in [-0.4, -0.2) is 16.8 Å². The van der Waals surface area contributed by atoms with Gasteiger partial charge in [-0.3, -0.25) is 9.59 Å². The molecule has 1 aliphatic carbocycles. The van der Waals surface area contributed by atoms with E-state index in [0.29, 0.717) is 29.3 Å². The molecule has 0 saturated heterocycles. The van der Waals surface area contributed by atoms with Crippen molar-refractivity contribution in [1.29, 1.82) is 0 Å². The van der Waals surface area contributed by atoms with Crippen LogP contribution in [0.15, 0.2) is 34.9 Å². The highest BCUT2D eigenvalue weighted by Gasteiger charge is 2.33. The summed E-state index contributed by atoms with van der Waals surface area (Å²) in [6.07, 6.45) is 2.74. The largest absolute Gasteiger partial charge is 0.359 e. The van der Waals surface area contributed by atoms with Gasteiger partial charge in [0, 0.05) is 24.3 Å². The van der Waals surface area contributed by atoms with E-state index in [4.69, 9.17) is 4.52 Å². The molecule has 0 atom stereocenters. The van der Waals surface area contributed by atoms with E-state index in [0.717, 1.165) is 18.6 Å². The number of amides is 1. The van der Waals surface area contributed by atoms with Gasteiger partial charge in [0.05, 0.1) is 0 Å². The van der Waals surface area contributed by atoms with Crippen molar-refractivity contribution in [3.05, 3.63) is 47.3 Å². The van der Waals surface area contributed by atoms with E-state index >= 15 is 0 Å². The van der Waals surface area contributed by atoms with E-state index in [1.807, 2.05) is 39.0 Å². The molecule has 1 aromatic carbocycles. The summed E-state index contributed by atoms with van der Waals surface area (Å²) >= 11 is 0. The van der Waals surface area contributed by atoms with Crippen molar-refractivity contribution in [2.75, 3.05) is 5.32 Å². The molecule has 1 aliphatic rings. The van der Waals surface area contributed by atoms with E-state index in [2.05, 4.69) is 10.5 Å². The minimum absolute atomic E-state index is 0.0539. The Morgan fingerprint density at radius 2 is 1.88 bits per heavy atom. The van der Waals surface area contributed by atoms with Gasteiger partial charge in [-0.25, -0.2) is 0 Å². The van der Waals surface area contributed by atoms with Crippen LogP contribution in [0.4, 0.5) is 5.69 Å². The van der Waals surface area contributed by atoms with Gasteiger partial charge in [-0.05, 0) is 25.2 Å². The van der Waals surface area contributed by atoms with Gasteiger partial charge in [-0.15, -0.1) is 0 Å². The van der Waals surface area contributed by atoms with Gasteiger partial charge in [-0.1, -0.05) is 49.3 Å². The maximum absolute atomic E-state index is 12.5. The number of aromatic nitrogens is 1. The Bertz CT molecular complexity index is 773. The second-order valence-electron chi connectivity index (χ2n) is 7.64. The summed E-state index contributed by atoms with van der Waals surface area (Å²) < 4.78 is 5.35. The lowest BCUT2D eigenvalue weighted by atomic mass is 9.82. The maximum atomic E-state index is 12.5. The minimum Gasteiger partial charge on any atom is -0.359 e. The van der Waals surface area contributed by atoms with Crippen molar-refractivity contribution < 1.29 is 14.1 Å². The zero-order chi connectivity index (χ0) is 18.0. The van der Waals surface area contributed by atoms with Crippen molar-refractivity contribution in [2.45, 2.75) is 52.4 Å². The first-order valence-electron chi connectivity index (χ1n) is 8.70. The van der Waals surface area contributed by atoms with Crippen LogP contribution in [0.1, 0.15) is 67.3 Å². The number of benzene rings is 1. The van der Waals surface area contributed by atoms with E-state index in [-0.39, 0.29) is 18.1 Å². The molecule has 132 valence electrons. The van der Waals surface area contributed by atoms with Crippen LogP contribution in [0.25, 0.3) is 0 Å². The van der Waals surface area contributed by atoms with Crippen molar-refractivity contribution in [3.63, 3.8) is 0 Å². The van der Waals surface area contributed by atoms with Crippen LogP contribution >= 0.6 is 0 Å². The number of aryl methyl sites for hydroxylation is 1. The lowest BCUT2D eigenvalue weighted by molar-refractivity contribution is -0.118. The van der Waals surface area contributed by atoms with Crippen LogP contribution in [0, 0.1) is 12.3 Å². The van der Waals surface area contributed by atoms with Gasteiger partial charge in [0.2, 0.25) is 5.91 Å². The molecule has 2 aromatic rings. The molecule has 1 amide bonds. The Kier molecular flexibility index (Phi) is 4.75. The number of nitrogens with one attached hydrogen (secondary N) is 1. The molecule has 0 bridgehead atoms. The van der Waals surface area contributed by atoms with Gasteiger partial charge in [0.1, 0.15) is 11.4 Å². The van der Waals surface area contributed by atoms with Gasteiger partial charge >= 0.3 is 0 Å². The van der Waals surface area contributed by atoms with E-state index in [1.54, 1.807) is 12.1 Å². The Hall–Kier alpha value is -2.43. The number of anilines is 1. The molecule has 1 heterocycles. The number of carbonyl (C=O) groups is 2. The molecular weight excluding hydrogens is 316 g/mol. The Balaban J connectivity index is 1.62. The Morgan fingerprint density at radius 3 is 2.52 bits per heavy atom. The second kappa shape index (κ2) is 6.82. The van der Waals surface area contributed by atoms with Gasteiger partial charge in [-0.2, -0.15) is 0 Å². The maximum Gasteiger partial charge on any atom is 0.225 e. The van der Waals surface area contributed by atoms with E-state index < -0.39 is 5.41 Å². The molecule has 1 fully saturated rings. The number of Topliss-reactive ketones (excluding diaryl/α,β-unsaturated/α-hetero) is 1. The number of carbonyl (C=O) groups excluding carboxylic acids is 2. The first-order valence-corrected chi connectivity index (χ1v) is 8.70. The average Bonchev–Trinajstić information content (AvgIpc) is 3.33. The minimum atomic E-state index is -0.429. The number of ketones is 1. The van der Waals surface area contributed by atoms with Crippen LogP contribution in [0.2, 0.25) is 0 Å². The summed E-state index contributed by atoms with van der Waals surface area (Å²) in [5.41, 5.74) is 1.66. The molecule has 1 saturated carbocycles. The Morgan fingerprint density at radius 1 is 1.20 bits per heavy atom. The zero-order valence-electron chi connectivity index (χ0n) is 15.0. The van der Waals surface area contributed by atoms with Crippen molar-refractivity contribution >= 4 is 17.4 Å². The van der Waals surface area contributed by atoms with Gasteiger partial charge in [0.15, 0.2) is 11.5 Å². The fourth-order valence-electron chi connectivity index (χ4n) is 3.00. The van der Waals surface area contributed by atoms with Crippen molar-refractivity contribution in [2.24, 2.45) is 5.41 Å². The third-order valence-corrected chi connectivity index (χ3v) is 4.48. The lowest BCUT2D eigenvalue weighted by Crippen LogP contribution is -2.25.